The molecule has 0 amide bonds. The van der Waals surface area contributed by atoms with Crippen molar-refractivity contribution in [2.45, 2.75) is 38.5 Å². The van der Waals surface area contributed by atoms with Gasteiger partial charge in [-0.1, -0.05) is 167 Å². The van der Waals surface area contributed by atoms with E-state index in [1.165, 1.54) is 71.8 Å². The van der Waals surface area contributed by atoms with E-state index in [2.05, 4.69) is 227 Å². The summed E-state index contributed by atoms with van der Waals surface area (Å²) in [4.78, 5) is 8.79. The number of thiazole rings is 1. The fourth-order valence-electron chi connectivity index (χ4n) is 9.70. The van der Waals surface area contributed by atoms with E-state index >= 15 is 0 Å². The monoisotopic (exact) mass is 788 g/mol. The van der Waals surface area contributed by atoms with Gasteiger partial charge >= 0.3 is 0 Å². The Hall–Kier alpha value is -6.81. The number of hydrogen-bond acceptors (Lipinski definition) is 3. The van der Waals surface area contributed by atoms with Gasteiger partial charge in [0.1, 0.15) is 5.01 Å². The maximum absolute atomic E-state index is 5.22. The van der Waals surface area contributed by atoms with Gasteiger partial charge < -0.3 is 4.90 Å². The summed E-state index contributed by atoms with van der Waals surface area (Å²) in [5.74, 6) is 0. The summed E-state index contributed by atoms with van der Waals surface area (Å²) in [7, 11) is 0. The lowest BCUT2D eigenvalue weighted by Crippen LogP contribution is -2.17. The molecular weight excluding hydrogens is 745 g/mol. The summed E-state index contributed by atoms with van der Waals surface area (Å²) in [6.07, 6.45) is 0. The molecule has 0 spiro atoms. The summed E-state index contributed by atoms with van der Waals surface area (Å²) >= 11 is 1.76. The van der Waals surface area contributed by atoms with Gasteiger partial charge in [0.05, 0.1) is 10.6 Å². The van der Waals surface area contributed by atoms with Crippen LogP contribution in [0.1, 0.15) is 49.9 Å². The lowest BCUT2D eigenvalue weighted by Gasteiger charge is -2.28. The zero-order valence-corrected chi connectivity index (χ0v) is 35.1. The highest BCUT2D eigenvalue weighted by Gasteiger charge is 2.42. The fraction of sp³-hybridized carbons (Fsp3) is 0.105. The minimum atomic E-state index is -0.162. The largest absolute Gasteiger partial charge is 0.310 e. The molecule has 0 radical (unpaired) electrons. The van der Waals surface area contributed by atoms with E-state index in [1.807, 2.05) is 0 Å². The highest BCUT2D eigenvalue weighted by atomic mass is 32.1. The highest BCUT2D eigenvalue weighted by Crippen LogP contribution is 2.57. The van der Waals surface area contributed by atoms with Gasteiger partial charge in [0.2, 0.25) is 0 Å². The maximum atomic E-state index is 5.22. The summed E-state index contributed by atoms with van der Waals surface area (Å²) in [6, 6.07) is 70.8. The van der Waals surface area contributed by atoms with Crippen molar-refractivity contribution in [3.8, 4) is 65.6 Å². The molecule has 2 aliphatic carbocycles. The summed E-state index contributed by atoms with van der Waals surface area (Å²) in [6.45, 7) is 9.59. The van der Waals surface area contributed by atoms with Crippen LogP contribution in [0.2, 0.25) is 0 Å². The molecule has 2 aliphatic rings. The van der Waals surface area contributed by atoms with Crippen molar-refractivity contribution in [1.82, 2.24) is 4.98 Å². The van der Waals surface area contributed by atoms with Crippen molar-refractivity contribution in [3.05, 3.63) is 216 Å². The molecule has 0 N–H and O–H groups in total. The van der Waals surface area contributed by atoms with Crippen LogP contribution in [0.15, 0.2) is 194 Å². The Bertz CT molecular complexity index is 2960. The molecule has 3 heteroatoms. The van der Waals surface area contributed by atoms with Gasteiger partial charge in [0.15, 0.2) is 0 Å². The van der Waals surface area contributed by atoms with E-state index in [1.54, 1.807) is 11.3 Å². The average Bonchev–Trinajstić information content (AvgIpc) is 3.91. The Balaban J connectivity index is 0.926. The first-order valence-electron chi connectivity index (χ1n) is 20.9. The minimum Gasteiger partial charge on any atom is -0.310 e. The van der Waals surface area contributed by atoms with Gasteiger partial charge in [0.25, 0.3) is 0 Å². The predicted molar refractivity (Wildman–Crippen MR) is 254 cm³/mol. The first kappa shape index (κ1) is 36.3. The molecule has 0 aliphatic heterocycles. The van der Waals surface area contributed by atoms with E-state index in [9.17, 15) is 0 Å². The third-order valence-electron chi connectivity index (χ3n) is 12.9. The number of aromatic nitrogens is 1. The number of para-hydroxylation sites is 2. The Labute approximate surface area is 357 Å². The number of hydrogen-bond donors (Lipinski definition) is 0. The maximum Gasteiger partial charge on any atom is 0.124 e. The second-order valence-corrected chi connectivity index (χ2v) is 18.2. The van der Waals surface area contributed by atoms with E-state index in [4.69, 9.17) is 4.98 Å². The van der Waals surface area contributed by atoms with Crippen LogP contribution in [-0.4, -0.2) is 4.98 Å². The topological polar surface area (TPSA) is 16.1 Å². The molecule has 0 bridgehead atoms. The second kappa shape index (κ2) is 13.9. The lowest BCUT2D eigenvalue weighted by atomic mass is 9.79. The van der Waals surface area contributed by atoms with Crippen molar-refractivity contribution in [2.24, 2.45) is 0 Å². The predicted octanol–water partition coefficient (Wildman–Crippen LogP) is 15.9. The molecule has 1 aromatic heterocycles. The van der Waals surface area contributed by atoms with Gasteiger partial charge in [-0.05, 0) is 116 Å². The molecule has 60 heavy (non-hydrogen) atoms. The third kappa shape index (κ3) is 5.79. The van der Waals surface area contributed by atoms with Crippen LogP contribution in [0, 0.1) is 0 Å². The molecule has 11 rings (SSSR count). The number of anilines is 3. The molecular formula is C57H44N2S. The third-order valence-corrected chi connectivity index (χ3v) is 14.1. The molecule has 2 nitrogen and oxygen atoms in total. The second-order valence-electron chi connectivity index (χ2n) is 17.2. The summed E-state index contributed by atoms with van der Waals surface area (Å²) in [5.41, 5.74) is 21.1. The zero-order chi connectivity index (χ0) is 40.6. The zero-order valence-electron chi connectivity index (χ0n) is 34.3. The molecule has 0 saturated carbocycles. The minimum absolute atomic E-state index is 0.150. The number of fused-ring (bicyclic) bond motifs is 6. The molecule has 8 aromatic carbocycles. The number of benzene rings is 8. The van der Waals surface area contributed by atoms with E-state index < -0.39 is 0 Å². The van der Waals surface area contributed by atoms with Crippen LogP contribution in [-0.2, 0) is 10.8 Å². The average molecular weight is 789 g/mol. The molecule has 9 aromatic rings. The summed E-state index contributed by atoms with van der Waals surface area (Å²) < 4.78 is 0. The van der Waals surface area contributed by atoms with Crippen LogP contribution in [0.3, 0.4) is 0 Å². The quantitative estimate of drug-likeness (QED) is 0.160. The van der Waals surface area contributed by atoms with E-state index in [-0.39, 0.29) is 10.8 Å². The van der Waals surface area contributed by atoms with Crippen LogP contribution in [0.5, 0.6) is 0 Å². The van der Waals surface area contributed by atoms with Gasteiger partial charge in [-0.15, -0.1) is 11.3 Å². The van der Waals surface area contributed by atoms with Crippen molar-refractivity contribution in [3.63, 3.8) is 0 Å². The van der Waals surface area contributed by atoms with Crippen molar-refractivity contribution in [2.75, 3.05) is 4.90 Å². The molecule has 0 saturated heterocycles. The van der Waals surface area contributed by atoms with Crippen molar-refractivity contribution >= 4 is 28.4 Å². The van der Waals surface area contributed by atoms with E-state index in [0.29, 0.717) is 0 Å². The van der Waals surface area contributed by atoms with Gasteiger partial charge in [-0.3, -0.25) is 0 Å². The SMILES string of the molecule is CC1(C)c2cc(-c3ccc(-c4nc(-c5ccccc5)c(-c5ccccc5)s4)cc3)ccc2-c2cc3c(cc21)-c1ccc(N(c2ccccc2)c2ccccc2)cc1C3(C)C. The van der Waals surface area contributed by atoms with Crippen LogP contribution < -0.4 is 4.90 Å². The first-order valence-corrected chi connectivity index (χ1v) is 21.7. The first-order chi connectivity index (χ1) is 29.3. The van der Waals surface area contributed by atoms with Crippen molar-refractivity contribution < 1.29 is 0 Å². The number of nitrogens with zero attached hydrogens (tertiary/aromatic N) is 2. The van der Waals surface area contributed by atoms with Gasteiger partial charge in [-0.25, -0.2) is 4.98 Å². The summed E-state index contributed by atoms with van der Waals surface area (Å²) in [5, 5.41) is 1.03. The van der Waals surface area contributed by atoms with E-state index in [0.717, 1.165) is 33.2 Å². The molecule has 0 unspecified atom stereocenters. The van der Waals surface area contributed by atoms with Crippen LogP contribution in [0.4, 0.5) is 17.1 Å². The van der Waals surface area contributed by atoms with Gasteiger partial charge in [-0.2, -0.15) is 0 Å². The molecule has 1 heterocycles. The highest BCUT2D eigenvalue weighted by molar-refractivity contribution is 7.19. The fourth-order valence-corrected chi connectivity index (χ4v) is 10.8. The van der Waals surface area contributed by atoms with Gasteiger partial charge in [0, 0.05) is 39.0 Å². The molecule has 288 valence electrons. The number of rotatable bonds is 7. The lowest BCUT2D eigenvalue weighted by molar-refractivity contribution is 0.652. The molecule has 0 fully saturated rings. The Morgan fingerprint density at radius 2 is 0.817 bits per heavy atom. The van der Waals surface area contributed by atoms with Crippen LogP contribution in [0.25, 0.3) is 65.6 Å². The Morgan fingerprint density at radius 3 is 1.38 bits per heavy atom. The Morgan fingerprint density at radius 1 is 0.367 bits per heavy atom. The molecule has 0 atom stereocenters. The smallest absolute Gasteiger partial charge is 0.124 e. The Kier molecular flexibility index (Phi) is 8.41. The normalized spacial score (nSPS) is 13.9. The standard InChI is InChI=1S/C57H44N2S/c1-56(2)49-33-41(37-25-27-40(28-26-37)55-58-53(38-17-9-5-10-18-38)54(60-55)39-19-11-6-12-20-39)29-31-45(49)47-35-52-48(36-51(47)56)46-32-30-44(34-50(46)57(52,3)4)59(42-21-13-7-14-22-42)43-23-15-8-16-24-43/h5-36H,1-4H3. The van der Waals surface area contributed by atoms with Crippen molar-refractivity contribution in [1.29, 1.82) is 0 Å². The van der Waals surface area contributed by atoms with Crippen LogP contribution >= 0.6 is 11.3 Å².